The SMILES string of the molecule is CCOc1ccc(NCc2cnccc2C)cc1OCC. The highest BCUT2D eigenvalue weighted by Gasteiger charge is 2.06. The number of anilines is 1. The van der Waals surface area contributed by atoms with Gasteiger partial charge in [0.1, 0.15) is 0 Å². The lowest BCUT2D eigenvalue weighted by Crippen LogP contribution is -2.03. The molecule has 0 spiro atoms. The molecule has 21 heavy (non-hydrogen) atoms. The highest BCUT2D eigenvalue weighted by atomic mass is 16.5. The molecule has 0 fully saturated rings. The van der Waals surface area contributed by atoms with Crippen molar-refractivity contribution in [2.45, 2.75) is 27.3 Å². The van der Waals surface area contributed by atoms with E-state index < -0.39 is 0 Å². The van der Waals surface area contributed by atoms with Gasteiger partial charge < -0.3 is 14.8 Å². The summed E-state index contributed by atoms with van der Waals surface area (Å²) >= 11 is 0. The van der Waals surface area contributed by atoms with E-state index in [9.17, 15) is 0 Å². The fraction of sp³-hybridized carbons (Fsp3) is 0.353. The minimum Gasteiger partial charge on any atom is -0.490 e. The summed E-state index contributed by atoms with van der Waals surface area (Å²) in [6.07, 6.45) is 3.70. The zero-order valence-electron chi connectivity index (χ0n) is 12.8. The van der Waals surface area contributed by atoms with E-state index in [1.807, 2.05) is 50.5 Å². The lowest BCUT2D eigenvalue weighted by Gasteiger charge is -2.14. The average molecular weight is 286 g/mol. The Kier molecular flexibility index (Phi) is 5.43. The first-order valence-corrected chi connectivity index (χ1v) is 7.27. The molecule has 4 nitrogen and oxygen atoms in total. The Morgan fingerprint density at radius 3 is 2.52 bits per heavy atom. The van der Waals surface area contributed by atoms with Crippen molar-refractivity contribution in [2.75, 3.05) is 18.5 Å². The molecule has 0 unspecified atom stereocenters. The van der Waals surface area contributed by atoms with Crippen LogP contribution in [0.1, 0.15) is 25.0 Å². The summed E-state index contributed by atoms with van der Waals surface area (Å²) in [6.45, 7) is 8.00. The summed E-state index contributed by atoms with van der Waals surface area (Å²) in [4.78, 5) is 4.16. The molecule has 1 heterocycles. The fourth-order valence-electron chi connectivity index (χ4n) is 2.04. The van der Waals surface area contributed by atoms with E-state index in [1.165, 1.54) is 11.1 Å². The summed E-state index contributed by atoms with van der Waals surface area (Å²) in [5, 5.41) is 3.39. The third kappa shape index (κ3) is 4.12. The topological polar surface area (TPSA) is 43.4 Å². The summed E-state index contributed by atoms with van der Waals surface area (Å²) < 4.78 is 11.2. The number of pyridine rings is 1. The predicted octanol–water partition coefficient (Wildman–Crippen LogP) is 3.80. The first-order valence-electron chi connectivity index (χ1n) is 7.27. The molecule has 2 aromatic rings. The molecule has 0 saturated heterocycles. The van der Waals surface area contributed by atoms with Crippen molar-refractivity contribution in [3.05, 3.63) is 47.8 Å². The molecule has 0 atom stereocenters. The van der Waals surface area contributed by atoms with Crippen LogP contribution in [0.4, 0.5) is 5.69 Å². The molecule has 0 bridgehead atoms. The minimum atomic E-state index is 0.616. The second-order valence-corrected chi connectivity index (χ2v) is 4.68. The third-order valence-corrected chi connectivity index (χ3v) is 3.17. The number of hydrogen-bond acceptors (Lipinski definition) is 4. The number of aryl methyl sites for hydroxylation is 1. The first kappa shape index (κ1) is 15.2. The van der Waals surface area contributed by atoms with Gasteiger partial charge in [-0.05, 0) is 50.1 Å². The maximum absolute atomic E-state index is 5.63. The highest BCUT2D eigenvalue weighted by molar-refractivity contribution is 5.55. The first-order chi connectivity index (χ1) is 10.2. The maximum atomic E-state index is 5.63. The van der Waals surface area contributed by atoms with Crippen LogP contribution in [0.15, 0.2) is 36.7 Å². The molecule has 0 saturated carbocycles. The number of nitrogens with zero attached hydrogens (tertiary/aromatic N) is 1. The van der Waals surface area contributed by atoms with Gasteiger partial charge in [-0.25, -0.2) is 0 Å². The standard InChI is InChI=1S/C17H22N2O2/c1-4-20-16-7-6-15(10-17(16)21-5-2)19-12-14-11-18-9-8-13(14)3/h6-11,19H,4-5,12H2,1-3H3. The average Bonchev–Trinajstić information content (AvgIpc) is 2.49. The largest absolute Gasteiger partial charge is 0.490 e. The Labute approximate surface area is 126 Å². The van der Waals surface area contributed by atoms with Gasteiger partial charge in [-0.2, -0.15) is 0 Å². The van der Waals surface area contributed by atoms with E-state index in [2.05, 4.69) is 17.2 Å². The van der Waals surface area contributed by atoms with Crippen molar-refractivity contribution >= 4 is 5.69 Å². The van der Waals surface area contributed by atoms with Crippen LogP contribution in [0.2, 0.25) is 0 Å². The molecule has 1 aromatic heterocycles. The van der Waals surface area contributed by atoms with Crippen LogP contribution >= 0.6 is 0 Å². The summed E-state index contributed by atoms with van der Waals surface area (Å²) in [5.41, 5.74) is 3.42. The Morgan fingerprint density at radius 1 is 1.05 bits per heavy atom. The number of rotatable bonds is 7. The van der Waals surface area contributed by atoms with Gasteiger partial charge in [-0.3, -0.25) is 4.98 Å². The minimum absolute atomic E-state index is 0.616. The number of hydrogen-bond donors (Lipinski definition) is 1. The van der Waals surface area contributed by atoms with Crippen LogP contribution in [-0.4, -0.2) is 18.2 Å². The van der Waals surface area contributed by atoms with Crippen LogP contribution in [0.3, 0.4) is 0 Å². The number of benzene rings is 1. The molecular formula is C17H22N2O2. The highest BCUT2D eigenvalue weighted by Crippen LogP contribution is 2.30. The summed E-state index contributed by atoms with van der Waals surface area (Å²) in [6, 6.07) is 7.92. The van der Waals surface area contributed by atoms with Gasteiger partial charge in [0.2, 0.25) is 0 Å². The van der Waals surface area contributed by atoms with Gasteiger partial charge in [-0.15, -0.1) is 0 Å². The van der Waals surface area contributed by atoms with Crippen LogP contribution in [0.25, 0.3) is 0 Å². The monoisotopic (exact) mass is 286 g/mol. The zero-order valence-corrected chi connectivity index (χ0v) is 12.8. The lowest BCUT2D eigenvalue weighted by atomic mass is 10.1. The molecular weight excluding hydrogens is 264 g/mol. The second-order valence-electron chi connectivity index (χ2n) is 4.68. The van der Waals surface area contributed by atoms with Crippen molar-refractivity contribution in [2.24, 2.45) is 0 Å². The van der Waals surface area contributed by atoms with Gasteiger partial charge in [0.25, 0.3) is 0 Å². The Morgan fingerprint density at radius 2 is 1.81 bits per heavy atom. The molecule has 0 aliphatic rings. The molecule has 0 aliphatic carbocycles. The number of aromatic nitrogens is 1. The second kappa shape index (κ2) is 7.53. The van der Waals surface area contributed by atoms with Gasteiger partial charge >= 0.3 is 0 Å². The van der Waals surface area contributed by atoms with Gasteiger partial charge in [0, 0.05) is 30.7 Å². The van der Waals surface area contributed by atoms with Crippen molar-refractivity contribution in [1.82, 2.24) is 4.98 Å². The van der Waals surface area contributed by atoms with Crippen molar-refractivity contribution in [3.63, 3.8) is 0 Å². The molecule has 1 N–H and O–H groups in total. The lowest BCUT2D eigenvalue weighted by molar-refractivity contribution is 0.288. The Hall–Kier alpha value is -2.23. The van der Waals surface area contributed by atoms with Gasteiger partial charge in [0.05, 0.1) is 13.2 Å². The summed E-state index contributed by atoms with van der Waals surface area (Å²) in [7, 11) is 0. The molecule has 1 aromatic carbocycles. The van der Waals surface area contributed by atoms with Crippen LogP contribution in [0, 0.1) is 6.92 Å². The Balaban J connectivity index is 2.10. The van der Waals surface area contributed by atoms with Crippen LogP contribution in [-0.2, 0) is 6.54 Å². The molecule has 0 amide bonds. The Bertz CT molecular complexity index is 585. The van der Waals surface area contributed by atoms with Gasteiger partial charge in [-0.1, -0.05) is 0 Å². The molecule has 112 valence electrons. The predicted molar refractivity (Wildman–Crippen MR) is 85.1 cm³/mol. The fourth-order valence-corrected chi connectivity index (χ4v) is 2.04. The van der Waals surface area contributed by atoms with Crippen LogP contribution < -0.4 is 14.8 Å². The smallest absolute Gasteiger partial charge is 0.163 e. The molecule has 0 radical (unpaired) electrons. The summed E-state index contributed by atoms with van der Waals surface area (Å²) in [5.74, 6) is 1.55. The van der Waals surface area contributed by atoms with Crippen molar-refractivity contribution < 1.29 is 9.47 Å². The molecule has 2 rings (SSSR count). The molecule has 4 heteroatoms. The van der Waals surface area contributed by atoms with E-state index in [0.717, 1.165) is 23.7 Å². The van der Waals surface area contributed by atoms with E-state index in [0.29, 0.717) is 13.2 Å². The van der Waals surface area contributed by atoms with Gasteiger partial charge in [0.15, 0.2) is 11.5 Å². The molecule has 0 aliphatic heterocycles. The number of nitrogens with one attached hydrogen (secondary N) is 1. The zero-order chi connectivity index (χ0) is 15.1. The normalized spacial score (nSPS) is 10.2. The quantitative estimate of drug-likeness (QED) is 0.840. The number of ether oxygens (including phenoxy) is 2. The van der Waals surface area contributed by atoms with Crippen molar-refractivity contribution in [3.8, 4) is 11.5 Å². The third-order valence-electron chi connectivity index (χ3n) is 3.17. The van der Waals surface area contributed by atoms with Crippen LogP contribution in [0.5, 0.6) is 11.5 Å². The maximum Gasteiger partial charge on any atom is 0.163 e. The van der Waals surface area contributed by atoms with E-state index >= 15 is 0 Å². The van der Waals surface area contributed by atoms with E-state index in [1.54, 1.807) is 0 Å². The van der Waals surface area contributed by atoms with E-state index in [-0.39, 0.29) is 0 Å². The van der Waals surface area contributed by atoms with Crippen molar-refractivity contribution in [1.29, 1.82) is 0 Å². The van der Waals surface area contributed by atoms with E-state index in [4.69, 9.17) is 9.47 Å².